The summed E-state index contributed by atoms with van der Waals surface area (Å²) in [4.78, 5) is 13.7. The summed E-state index contributed by atoms with van der Waals surface area (Å²) in [6.07, 6.45) is -0.141. The Balaban J connectivity index is 2.07. The summed E-state index contributed by atoms with van der Waals surface area (Å²) in [5, 5.41) is 10.5. The lowest BCUT2D eigenvalue weighted by Crippen LogP contribution is -2.47. The van der Waals surface area contributed by atoms with Crippen LogP contribution in [0, 0.1) is 13.8 Å². The van der Waals surface area contributed by atoms with E-state index in [1.54, 1.807) is 4.90 Å². The minimum Gasteiger partial charge on any atom is -0.444 e. The second kappa shape index (κ2) is 6.29. The molecular weight excluding hydrogens is 278 g/mol. The molecule has 0 bridgehead atoms. The van der Waals surface area contributed by atoms with Crippen molar-refractivity contribution < 1.29 is 14.6 Å². The largest absolute Gasteiger partial charge is 0.444 e. The van der Waals surface area contributed by atoms with Gasteiger partial charge in [0.1, 0.15) is 5.60 Å². The average molecular weight is 305 g/mol. The van der Waals surface area contributed by atoms with Crippen molar-refractivity contribution in [3.05, 3.63) is 34.9 Å². The first kappa shape index (κ1) is 16.8. The lowest BCUT2D eigenvalue weighted by atomic mass is 9.84. The van der Waals surface area contributed by atoms with E-state index in [1.807, 2.05) is 26.8 Å². The van der Waals surface area contributed by atoms with E-state index >= 15 is 0 Å². The van der Waals surface area contributed by atoms with Crippen molar-refractivity contribution in [3.63, 3.8) is 0 Å². The van der Waals surface area contributed by atoms with Gasteiger partial charge in [0.25, 0.3) is 0 Å². The molecule has 0 spiro atoms. The molecule has 1 aliphatic rings. The highest BCUT2D eigenvalue weighted by molar-refractivity contribution is 5.68. The fourth-order valence-corrected chi connectivity index (χ4v) is 2.96. The molecule has 0 saturated carbocycles. The van der Waals surface area contributed by atoms with Gasteiger partial charge in [0, 0.05) is 12.5 Å². The van der Waals surface area contributed by atoms with Crippen molar-refractivity contribution in [2.24, 2.45) is 0 Å². The normalized spacial score (nSPS) is 22.5. The number of likely N-dealkylation sites (tertiary alicyclic amines) is 1. The van der Waals surface area contributed by atoms with E-state index in [9.17, 15) is 9.90 Å². The maximum absolute atomic E-state index is 12.1. The molecule has 1 fully saturated rings. The Morgan fingerprint density at radius 2 is 2.00 bits per heavy atom. The SMILES string of the molecule is Cc1cccc([C@H]2CCN(C(=O)OC(C)(C)C)C[C@@H]2O)c1C. The van der Waals surface area contributed by atoms with Crippen molar-refractivity contribution in [2.45, 2.75) is 58.7 Å². The van der Waals surface area contributed by atoms with Gasteiger partial charge in [-0.25, -0.2) is 4.79 Å². The number of aliphatic hydroxyl groups excluding tert-OH is 1. The molecule has 4 nitrogen and oxygen atoms in total. The Hall–Kier alpha value is -1.55. The third kappa shape index (κ3) is 3.80. The maximum atomic E-state index is 12.1. The minimum atomic E-state index is -0.554. The van der Waals surface area contributed by atoms with Gasteiger partial charge in [0.2, 0.25) is 0 Å². The van der Waals surface area contributed by atoms with Crippen LogP contribution in [0.5, 0.6) is 0 Å². The van der Waals surface area contributed by atoms with Crippen molar-refractivity contribution >= 4 is 6.09 Å². The molecular formula is C18H27NO3. The second-order valence-corrected chi connectivity index (χ2v) is 7.18. The topological polar surface area (TPSA) is 49.8 Å². The molecule has 0 aliphatic carbocycles. The van der Waals surface area contributed by atoms with Crippen LogP contribution in [0.15, 0.2) is 18.2 Å². The zero-order valence-electron chi connectivity index (χ0n) is 14.2. The van der Waals surface area contributed by atoms with Gasteiger partial charge in [0.15, 0.2) is 0 Å². The van der Waals surface area contributed by atoms with Gasteiger partial charge in [-0.1, -0.05) is 18.2 Å². The first-order valence-corrected chi connectivity index (χ1v) is 7.91. The van der Waals surface area contributed by atoms with Crippen LogP contribution < -0.4 is 0 Å². The smallest absolute Gasteiger partial charge is 0.410 e. The van der Waals surface area contributed by atoms with Gasteiger partial charge in [-0.15, -0.1) is 0 Å². The molecule has 122 valence electrons. The van der Waals surface area contributed by atoms with Crippen molar-refractivity contribution in [2.75, 3.05) is 13.1 Å². The van der Waals surface area contributed by atoms with Gasteiger partial charge in [-0.2, -0.15) is 0 Å². The minimum absolute atomic E-state index is 0.0820. The predicted octanol–water partition coefficient (Wildman–Crippen LogP) is 3.39. The number of hydrogen-bond acceptors (Lipinski definition) is 3. The fourth-order valence-electron chi connectivity index (χ4n) is 2.96. The monoisotopic (exact) mass is 305 g/mol. The van der Waals surface area contributed by atoms with Crippen LogP contribution in [0.2, 0.25) is 0 Å². The fraction of sp³-hybridized carbons (Fsp3) is 0.611. The molecule has 22 heavy (non-hydrogen) atoms. The summed E-state index contributed by atoms with van der Waals surface area (Å²) >= 11 is 0. The van der Waals surface area contributed by atoms with E-state index in [1.165, 1.54) is 16.7 Å². The van der Waals surface area contributed by atoms with Crippen LogP contribution in [0.4, 0.5) is 4.79 Å². The standard InChI is InChI=1S/C18H27NO3/c1-12-7-6-8-14(13(12)2)15-9-10-19(11-16(15)20)17(21)22-18(3,4)5/h6-8,15-16,20H,9-11H2,1-5H3/t15-,16+/m1/s1. The molecule has 2 rings (SSSR count). The van der Waals surface area contributed by atoms with E-state index in [4.69, 9.17) is 4.74 Å². The van der Waals surface area contributed by atoms with Crippen LogP contribution in [0.3, 0.4) is 0 Å². The molecule has 0 radical (unpaired) electrons. The number of benzene rings is 1. The van der Waals surface area contributed by atoms with E-state index in [-0.39, 0.29) is 12.0 Å². The number of rotatable bonds is 1. The highest BCUT2D eigenvalue weighted by Gasteiger charge is 2.33. The number of carbonyl (C=O) groups excluding carboxylic acids is 1. The van der Waals surface area contributed by atoms with Gasteiger partial charge < -0.3 is 14.7 Å². The zero-order valence-corrected chi connectivity index (χ0v) is 14.2. The number of aryl methyl sites for hydroxylation is 1. The molecule has 0 unspecified atom stereocenters. The average Bonchev–Trinajstić information content (AvgIpc) is 2.40. The number of carbonyl (C=O) groups is 1. The van der Waals surface area contributed by atoms with Crippen LogP contribution in [0.25, 0.3) is 0 Å². The summed E-state index contributed by atoms with van der Waals surface area (Å²) in [5.41, 5.74) is 3.15. The quantitative estimate of drug-likeness (QED) is 0.865. The lowest BCUT2D eigenvalue weighted by molar-refractivity contribution is -0.00157. The van der Waals surface area contributed by atoms with Crippen molar-refractivity contribution in [3.8, 4) is 0 Å². The molecule has 1 aliphatic heterocycles. The van der Waals surface area contributed by atoms with Crippen LogP contribution in [-0.4, -0.2) is 40.9 Å². The predicted molar refractivity (Wildman–Crippen MR) is 87.1 cm³/mol. The molecule has 1 amide bonds. The lowest BCUT2D eigenvalue weighted by Gasteiger charge is -2.37. The number of amides is 1. The number of aliphatic hydroxyl groups is 1. The van der Waals surface area contributed by atoms with Gasteiger partial charge >= 0.3 is 6.09 Å². The van der Waals surface area contributed by atoms with Crippen molar-refractivity contribution in [1.29, 1.82) is 0 Å². The number of ether oxygens (including phenoxy) is 1. The third-order valence-corrected chi connectivity index (χ3v) is 4.28. The van der Waals surface area contributed by atoms with Crippen molar-refractivity contribution in [1.82, 2.24) is 4.90 Å². The van der Waals surface area contributed by atoms with Gasteiger partial charge in [-0.05, 0) is 57.7 Å². The maximum Gasteiger partial charge on any atom is 0.410 e. The summed E-state index contributed by atoms with van der Waals surface area (Å²) in [5.74, 6) is 0.0820. The molecule has 4 heteroatoms. The molecule has 1 aromatic carbocycles. The number of piperidine rings is 1. The number of β-amino-alcohol motifs (C(OH)–C–C–N with tert-alkyl or cyclic N) is 1. The van der Waals surface area contributed by atoms with Gasteiger partial charge in [0.05, 0.1) is 12.6 Å². The Morgan fingerprint density at radius 1 is 1.32 bits per heavy atom. The molecule has 0 aromatic heterocycles. The Bertz CT molecular complexity index is 548. The van der Waals surface area contributed by atoms with Crippen LogP contribution in [-0.2, 0) is 4.74 Å². The zero-order chi connectivity index (χ0) is 16.5. The number of hydrogen-bond donors (Lipinski definition) is 1. The van der Waals surface area contributed by atoms with Crippen LogP contribution in [0.1, 0.15) is 49.8 Å². The summed E-state index contributed by atoms with van der Waals surface area (Å²) in [7, 11) is 0. The van der Waals surface area contributed by atoms with E-state index in [0.29, 0.717) is 13.1 Å². The van der Waals surface area contributed by atoms with E-state index in [2.05, 4.69) is 26.0 Å². The summed E-state index contributed by atoms with van der Waals surface area (Å²) in [6, 6.07) is 6.20. The van der Waals surface area contributed by atoms with E-state index in [0.717, 1.165) is 6.42 Å². The highest BCUT2D eigenvalue weighted by Crippen LogP contribution is 2.32. The number of nitrogens with zero attached hydrogens (tertiary/aromatic N) is 1. The third-order valence-electron chi connectivity index (χ3n) is 4.28. The molecule has 1 saturated heterocycles. The summed E-state index contributed by atoms with van der Waals surface area (Å²) < 4.78 is 5.39. The van der Waals surface area contributed by atoms with Gasteiger partial charge in [-0.3, -0.25) is 0 Å². The Labute approximate surface area is 133 Å². The molecule has 1 aromatic rings. The summed E-state index contributed by atoms with van der Waals surface area (Å²) in [6.45, 7) is 10.7. The molecule has 1 N–H and O–H groups in total. The first-order valence-electron chi connectivity index (χ1n) is 7.91. The second-order valence-electron chi connectivity index (χ2n) is 7.18. The highest BCUT2D eigenvalue weighted by atomic mass is 16.6. The first-order chi connectivity index (χ1) is 10.2. The van der Waals surface area contributed by atoms with Crippen LogP contribution >= 0.6 is 0 Å². The van der Waals surface area contributed by atoms with E-state index < -0.39 is 11.7 Å². The Morgan fingerprint density at radius 3 is 2.59 bits per heavy atom. The molecule has 1 heterocycles. The molecule has 2 atom stereocenters. The Kier molecular flexibility index (Phi) is 4.81.